The number of hydrogen-bond acceptors (Lipinski definition) is 1. The highest BCUT2D eigenvalue weighted by atomic mass is 35.5. The van der Waals surface area contributed by atoms with Crippen molar-refractivity contribution >= 4 is 17.4 Å². The van der Waals surface area contributed by atoms with E-state index in [-0.39, 0.29) is 22.3 Å². The first-order valence-electron chi connectivity index (χ1n) is 6.08. The Morgan fingerprint density at radius 1 is 1.41 bits per heavy atom. The molecule has 1 fully saturated rings. The van der Waals surface area contributed by atoms with Crippen LogP contribution in [0.1, 0.15) is 43.0 Å². The molecule has 0 amide bonds. The number of rotatable bonds is 2. The van der Waals surface area contributed by atoms with Gasteiger partial charge in [0.1, 0.15) is 5.82 Å². The summed E-state index contributed by atoms with van der Waals surface area (Å²) < 4.78 is 13.6. The first-order valence-corrected chi connectivity index (χ1v) is 6.45. The standard InChI is InChI=1S/C14H16ClFO/c1-9-4-2-5-10(8-9)14(17)13-11(15)6-3-7-12(13)16/h3,6-7,9-10H,2,4-5,8H2,1H3. The molecule has 1 aromatic rings. The average molecular weight is 255 g/mol. The molecule has 17 heavy (non-hydrogen) atoms. The quantitative estimate of drug-likeness (QED) is 0.711. The van der Waals surface area contributed by atoms with E-state index in [0.717, 1.165) is 25.7 Å². The number of halogens is 2. The zero-order chi connectivity index (χ0) is 12.4. The van der Waals surface area contributed by atoms with E-state index in [9.17, 15) is 9.18 Å². The number of Topliss-reactive ketones (excluding diaryl/α,β-unsaturated/α-hetero) is 1. The summed E-state index contributed by atoms with van der Waals surface area (Å²) in [6.07, 6.45) is 3.91. The van der Waals surface area contributed by atoms with Crippen LogP contribution in [0.25, 0.3) is 0 Å². The minimum absolute atomic E-state index is 0.0619. The smallest absolute Gasteiger partial charge is 0.170 e. The first kappa shape index (κ1) is 12.6. The van der Waals surface area contributed by atoms with Gasteiger partial charge in [0, 0.05) is 5.92 Å². The lowest BCUT2D eigenvalue weighted by Crippen LogP contribution is -2.23. The van der Waals surface area contributed by atoms with Crippen molar-refractivity contribution in [3.8, 4) is 0 Å². The normalized spacial score (nSPS) is 24.6. The predicted octanol–water partition coefficient (Wildman–Crippen LogP) is 4.49. The average Bonchev–Trinajstić information content (AvgIpc) is 2.28. The second kappa shape index (κ2) is 5.18. The lowest BCUT2D eigenvalue weighted by molar-refractivity contribution is 0.0864. The Hall–Kier alpha value is -0.890. The van der Waals surface area contributed by atoms with E-state index in [2.05, 4.69) is 6.92 Å². The van der Waals surface area contributed by atoms with Gasteiger partial charge in [0.2, 0.25) is 0 Å². The summed E-state index contributed by atoms with van der Waals surface area (Å²) in [5.74, 6) is -0.142. The summed E-state index contributed by atoms with van der Waals surface area (Å²) in [6, 6.07) is 4.40. The monoisotopic (exact) mass is 254 g/mol. The van der Waals surface area contributed by atoms with Gasteiger partial charge in [-0.25, -0.2) is 4.39 Å². The van der Waals surface area contributed by atoms with Gasteiger partial charge < -0.3 is 0 Å². The SMILES string of the molecule is CC1CCCC(C(=O)c2c(F)cccc2Cl)C1. The molecule has 0 N–H and O–H groups in total. The molecule has 2 rings (SSSR count). The molecule has 1 aromatic carbocycles. The van der Waals surface area contributed by atoms with Gasteiger partial charge in [-0.3, -0.25) is 4.79 Å². The zero-order valence-corrected chi connectivity index (χ0v) is 10.6. The van der Waals surface area contributed by atoms with Crippen molar-refractivity contribution in [2.24, 2.45) is 11.8 Å². The Labute approximate surface area is 106 Å². The number of carbonyl (C=O) groups is 1. The fourth-order valence-corrected chi connectivity index (χ4v) is 2.87. The second-order valence-electron chi connectivity index (χ2n) is 4.93. The summed E-state index contributed by atoms with van der Waals surface area (Å²) in [5.41, 5.74) is 0.0771. The molecule has 0 spiro atoms. The summed E-state index contributed by atoms with van der Waals surface area (Å²) >= 11 is 5.92. The van der Waals surface area contributed by atoms with Crippen LogP contribution >= 0.6 is 11.6 Å². The predicted molar refractivity (Wildman–Crippen MR) is 66.9 cm³/mol. The molecule has 0 heterocycles. The van der Waals surface area contributed by atoms with Crippen LogP contribution < -0.4 is 0 Å². The molecule has 1 aliphatic rings. The molecule has 1 aliphatic carbocycles. The largest absolute Gasteiger partial charge is 0.294 e. The third-order valence-electron chi connectivity index (χ3n) is 3.52. The van der Waals surface area contributed by atoms with Gasteiger partial charge >= 0.3 is 0 Å². The number of ketones is 1. The van der Waals surface area contributed by atoms with Gasteiger partial charge in [0.05, 0.1) is 10.6 Å². The molecular weight excluding hydrogens is 239 g/mol. The van der Waals surface area contributed by atoms with E-state index in [1.807, 2.05) is 0 Å². The van der Waals surface area contributed by atoms with Crippen LogP contribution in [0, 0.1) is 17.7 Å². The summed E-state index contributed by atoms with van der Waals surface area (Å²) in [4.78, 5) is 12.3. The third-order valence-corrected chi connectivity index (χ3v) is 3.83. The molecule has 0 bridgehead atoms. The van der Waals surface area contributed by atoms with Crippen molar-refractivity contribution in [1.82, 2.24) is 0 Å². The van der Waals surface area contributed by atoms with Crippen molar-refractivity contribution in [2.75, 3.05) is 0 Å². The molecule has 1 nitrogen and oxygen atoms in total. The van der Waals surface area contributed by atoms with E-state index in [1.165, 1.54) is 12.1 Å². The molecule has 2 atom stereocenters. The Bertz CT molecular complexity index is 410. The molecule has 0 saturated heterocycles. The Balaban J connectivity index is 2.24. The lowest BCUT2D eigenvalue weighted by Gasteiger charge is -2.25. The van der Waals surface area contributed by atoms with E-state index in [1.54, 1.807) is 6.07 Å². The summed E-state index contributed by atoms with van der Waals surface area (Å²) in [6.45, 7) is 2.14. The van der Waals surface area contributed by atoms with Crippen LogP contribution in [0.3, 0.4) is 0 Å². The number of carbonyl (C=O) groups excluding carboxylic acids is 1. The van der Waals surface area contributed by atoms with Crippen LogP contribution in [-0.2, 0) is 0 Å². The Morgan fingerprint density at radius 2 is 2.18 bits per heavy atom. The maximum atomic E-state index is 13.6. The third kappa shape index (κ3) is 2.68. The molecule has 2 unspecified atom stereocenters. The number of hydrogen-bond donors (Lipinski definition) is 0. The summed E-state index contributed by atoms with van der Waals surface area (Å²) in [5, 5.41) is 0.230. The highest BCUT2D eigenvalue weighted by Gasteiger charge is 2.28. The van der Waals surface area contributed by atoms with Gasteiger partial charge in [-0.1, -0.05) is 37.4 Å². The van der Waals surface area contributed by atoms with Crippen molar-refractivity contribution in [2.45, 2.75) is 32.6 Å². The maximum Gasteiger partial charge on any atom is 0.170 e. The zero-order valence-electron chi connectivity index (χ0n) is 9.88. The van der Waals surface area contributed by atoms with Gasteiger partial charge in [-0.15, -0.1) is 0 Å². The van der Waals surface area contributed by atoms with Crippen LogP contribution in [0.5, 0.6) is 0 Å². The molecule has 0 radical (unpaired) electrons. The molecule has 0 aromatic heterocycles. The first-order chi connectivity index (χ1) is 8.09. The van der Waals surface area contributed by atoms with E-state index < -0.39 is 5.82 Å². The van der Waals surface area contributed by atoms with Crippen LogP contribution in [0.2, 0.25) is 5.02 Å². The van der Waals surface area contributed by atoms with Crippen molar-refractivity contribution in [3.05, 3.63) is 34.6 Å². The fourth-order valence-electron chi connectivity index (χ4n) is 2.61. The minimum atomic E-state index is -0.499. The molecule has 92 valence electrons. The second-order valence-corrected chi connectivity index (χ2v) is 5.34. The molecular formula is C14H16ClFO. The van der Waals surface area contributed by atoms with Crippen molar-refractivity contribution in [1.29, 1.82) is 0 Å². The van der Waals surface area contributed by atoms with Gasteiger partial charge in [-0.2, -0.15) is 0 Å². The molecule has 1 saturated carbocycles. The van der Waals surface area contributed by atoms with Crippen LogP contribution in [0.15, 0.2) is 18.2 Å². The fraction of sp³-hybridized carbons (Fsp3) is 0.500. The molecule has 0 aliphatic heterocycles. The maximum absolute atomic E-state index is 13.6. The van der Waals surface area contributed by atoms with Crippen molar-refractivity contribution < 1.29 is 9.18 Å². The summed E-state index contributed by atoms with van der Waals surface area (Å²) in [7, 11) is 0. The topological polar surface area (TPSA) is 17.1 Å². The van der Waals surface area contributed by atoms with E-state index in [4.69, 9.17) is 11.6 Å². The number of benzene rings is 1. The Morgan fingerprint density at radius 3 is 2.82 bits per heavy atom. The highest BCUT2D eigenvalue weighted by molar-refractivity contribution is 6.34. The van der Waals surface area contributed by atoms with Crippen LogP contribution in [0.4, 0.5) is 4.39 Å². The highest BCUT2D eigenvalue weighted by Crippen LogP contribution is 2.33. The lowest BCUT2D eigenvalue weighted by atomic mass is 9.78. The van der Waals surface area contributed by atoms with E-state index in [0.29, 0.717) is 5.92 Å². The van der Waals surface area contributed by atoms with Crippen LogP contribution in [-0.4, -0.2) is 5.78 Å². The van der Waals surface area contributed by atoms with Gasteiger partial charge in [0.25, 0.3) is 0 Å². The van der Waals surface area contributed by atoms with Gasteiger partial charge in [-0.05, 0) is 30.9 Å². The van der Waals surface area contributed by atoms with Gasteiger partial charge in [0.15, 0.2) is 5.78 Å². The minimum Gasteiger partial charge on any atom is -0.294 e. The molecule has 3 heteroatoms. The van der Waals surface area contributed by atoms with Crippen molar-refractivity contribution in [3.63, 3.8) is 0 Å². The van der Waals surface area contributed by atoms with E-state index >= 15 is 0 Å². The Kier molecular flexibility index (Phi) is 3.82.